The summed E-state index contributed by atoms with van der Waals surface area (Å²) in [4.78, 5) is 27.1. The fourth-order valence-corrected chi connectivity index (χ4v) is 3.24. The van der Waals surface area contributed by atoms with Crippen LogP contribution in [0.2, 0.25) is 0 Å². The van der Waals surface area contributed by atoms with E-state index >= 15 is 0 Å². The molecule has 120 valence electrons. The Balaban J connectivity index is 1.81. The van der Waals surface area contributed by atoms with Crippen LogP contribution in [0.15, 0.2) is 0 Å². The molecular formula is C14H25N3O4. The molecule has 0 saturated carbocycles. The van der Waals surface area contributed by atoms with Crippen molar-refractivity contribution in [2.75, 3.05) is 33.8 Å². The summed E-state index contributed by atoms with van der Waals surface area (Å²) in [7, 11) is 3.59. The summed E-state index contributed by atoms with van der Waals surface area (Å²) in [5.41, 5.74) is 0. The van der Waals surface area contributed by atoms with Crippen LogP contribution in [0.5, 0.6) is 0 Å². The first kappa shape index (κ1) is 16.0. The van der Waals surface area contributed by atoms with Gasteiger partial charge in [0.25, 0.3) is 0 Å². The van der Waals surface area contributed by atoms with Crippen molar-refractivity contribution < 1.29 is 19.4 Å². The quantitative estimate of drug-likeness (QED) is 0.766. The summed E-state index contributed by atoms with van der Waals surface area (Å²) < 4.78 is 5.07. The first-order valence-corrected chi connectivity index (χ1v) is 7.50. The highest BCUT2D eigenvalue weighted by Gasteiger charge is 2.35. The smallest absolute Gasteiger partial charge is 0.317 e. The first-order valence-electron chi connectivity index (χ1n) is 7.50. The number of rotatable bonds is 5. The van der Waals surface area contributed by atoms with E-state index in [1.54, 1.807) is 0 Å². The molecule has 7 nitrogen and oxygen atoms in total. The lowest BCUT2D eigenvalue weighted by Crippen LogP contribution is -2.47. The molecule has 2 bridgehead atoms. The molecule has 3 unspecified atom stereocenters. The summed E-state index contributed by atoms with van der Waals surface area (Å²) in [5.74, 6) is -0.926. The van der Waals surface area contributed by atoms with Crippen molar-refractivity contribution in [3.63, 3.8) is 0 Å². The Morgan fingerprint density at radius 1 is 1.33 bits per heavy atom. The van der Waals surface area contributed by atoms with Crippen LogP contribution in [0.1, 0.15) is 25.7 Å². The van der Waals surface area contributed by atoms with E-state index in [1.165, 1.54) is 13.5 Å². The predicted octanol–water partition coefficient (Wildman–Crippen LogP) is 0.354. The fraction of sp³-hybridized carbons (Fsp3) is 0.857. The SMILES string of the molecule is COC(CNC(=O)N1CCC2CCC(C1)N2C)CC(=O)O. The number of likely N-dealkylation sites (tertiary alicyclic amines) is 1. The number of ether oxygens (including phenoxy) is 1. The van der Waals surface area contributed by atoms with E-state index in [2.05, 4.69) is 17.3 Å². The highest BCUT2D eigenvalue weighted by atomic mass is 16.5. The van der Waals surface area contributed by atoms with Crippen LogP contribution in [0, 0.1) is 0 Å². The summed E-state index contributed by atoms with van der Waals surface area (Å²) in [6, 6.07) is 0.912. The molecule has 0 radical (unpaired) electrons. The van der Waals surface area contributed by atoms with E-state index in [0.29, 0.717) is 12.1 Å². The topological polar surface area (TPSA) is 82.1 Å². The van der Waals surface area contributed by atoms with Gasteiger partial charge in [0.1, 0.15) is 0 Å². The van der Waals surface area contributed by atoms with Crippen molar-refractivity contribution in [3.05, 3.63) is 0 Å². The number of amides is 2. The van der Waals surface area contributed by atoms with Gasteiger partial charge < -0.3 is 20.1 Å². The third kappa shape index (κ3) is 4.07. The highest BCUT2D eigenvalue weighted by Crippen LogP contribution is 2.28. The number of nitrogens with zero attached hydrogens (tertiary/aromatic N) is 2. The normalized spacial score (nSPS) is 27.2. The molecule has 3 atom stereocenters. The van der Waals surface area contributed by atoms with Crippen molar-refractivity contribution in [1.29, 1.82) is 0 Å². The van der Waals surface area contributed by atoms with Crippen LogP contribution < -0.4 is 5.32 Å². The Bertz CT molecular complexity index is 390. The minimum atomic E-state index is -0.926. The van der Waals surface area contributed by atoms with Crippen molar-refractivity contribution in [1.82, 2.24) is 15.1 Å². The van der Waals surface area contributed by atoms with E-state index in [-0.39, 0.29) is 19.0 Å². The second-order valence-electron chi connectivity index (χ2n) is 5.93. The van der Waals surface area contributed by atoms with Crippen molar-refractivity contribution in [3.8, 4) is 0 Å². The Morgan fingerprint density at radius 2 is 2.05 bits per heavy atom. The van der Waals surface area contributed by atoms with Crippen molar-refractivity contribution >= 4 is 12.0 Å². The number of carbonyl (C=O) groups excluding carboxylic acids is 1. The number of carbonyl (C=O) groups is 2. The second-order valence-corrected chi connectivity index (χ2v) is 5.93. The molecule has 0 aliphatic carbocycles. The number of likely N-dealkylation sites (N-methyl/N-ethyl adjacent to an activating group) is 1. The molecule has 2 heterocycles. The maximum Gasteiger partial charge on any atom is 0.317 e. The number of hydrogen-bond acceptors (Lipinski definition) is 4. The number of aliphatic carboxylic acids is 1. The van der Waals surface area contributed by atoms with Crippen LogP contribution in [-0.2, 0) is 9.53 Å². The minimum Gasteiger partial charge on any atom is -0.481 e. The average Bonchev–Trinajstić information content (AvgIpc) is 2.67. The summed E-state index contributed by atoms with van der Waals surface area (Å²) in [6.45, 7) is 1.73. The molecule has 2 amide bonds. The number of urea groups is 1. The summed E-state index contributed by atoms with van der Waals surface area (Å²) in [6.07, 6.45) is 2.77. The Kier molecular flexibility index (Phi) is 5.41. The van der Waals surface area contributed by atoms with E-state index in [9.17, 15) is 9.59 Å². The molecule has 0 spiro atoms. The molecule has 0 aromatic heterocycles. The molecule has 7 heteroatoms. The largest absolute Gasteiger partial charge is 0.481 e. The molecule has 21 heavy (non-hydrogen) atoms. The van der Waals surface area contributed by atoms with Crippen LogP contribution in [0.25, 0.3) is 0 Å². The number of carboxylic acids is 1. The fourth-order valence-electron chi connectivity index (χ4n) is 3.24. The number of nitrogens with one attached hydrogen (secondary N) is 1. The molecule has 2 rings (SSSR count). The van der Waals surface area contributed by atoms with Gasteiger partial charge in [-0.25, -0.2) is 4.79 Å². The Hall–Kier alpha value is -1.34. The number of carboxylic acid groups (broad SMARTS) is 1. The van der Waals surface area contributed by atoms with Gasteiger partial charge in [-0.1, -0.05) is 0 Å². The van der Waals surface area contributed by atoms with E-state index in [4.69, 9.17) is 9.84 Å². The third-order valence-electron chi connectivity index (χ3n) is 4.65. The van der Waals surface area contributed by atoms with Gasteiger partial charge in [-0.2, -0.15) is 0 Å². The van der Waals surface area contributed by atoms with E-state index in [1.807, 2.05) is 4.90 Å². The van der Waals surface area contributed by atoms with Crippen LogP contribution >= 0.6 is 0 Å². The third-order valence-corrected chi connectivity index (χ3v) is 4.65. The van der Waals surface area contributed by atoms with Crippen molar-refractivity contribution in [2.24, 2.45) is 0 Å². The molecular weight excluding hydrogens is 274 g/mol. The lowest BCUT2D eigenvalue weighted by molar-refractivity contribution is -0.139. The zero-order valence-electron chi connectivity index (χ0n) is 12.7. The van der Waals surface area contributed by atoms with E-state index in [0.717, 1.165) is 25.9 Å². The monoisotopic (exact) mass is 299 g/mol. The summed E-state index contributed by atoms with van der Waals surface area (Å²) >= 11 is 0. The van der Waals surface area contributed by atoms with Crippen molar-refractivity contribution in [2.45, 2.75) is 43.9 Å². The first-order chi connectivity index (χ1) is 10.0. The average molecular weight is 299 g/mol. The Labute approximate surface area is 125 Å². The maximum atomic E-state index is 12.2. The van der Waals surface area contributed by atoms with Gasteiger partial charge in [-0.3, -0.25) is 9.69 Å². The number of methoxy groups -OCH3 is 1. The van der Waals surface area contributed by atoms with Gasteiger partial charge in [0.05, 0.1) is 12.5 Å². The minimum absolute atomic E-state index is 0.107. The second kappa shape index (κ2) is 7.09. The number of hydrogen-bond donors (Lipinski definition) is 2. The molecule has 0 aromatic carbocycles. The van der Waals surface area contributed by atoms with Gasteiger partial charge >= 0.3 is 12.0 Å². The van der Waals surface area contributed by atoms with Gasteiger partial charge in [-0.15, -0.1) is 0 Å². The lowest BCUT2D eigenvalue weighted by atomic mass is 10.1. The van der Waals surface area contributed by atoms with Crippen LogP contribution in [0.4, 0.5) is 4.79 Å². The molecule has 2 aliphatic rings. The molecule has 2 fully saturated rings. The maximum absolute atomic E-state index is 12.2. The zero-order valence-corrected chi connectivity index (χ0v) is 12.7. The van der Waals surface area contributed by atoms with Gasteiger partial charge in [0.15, 0.2) is 0 Å². The summed E-state index contributed by atoms with van der Waals surface area (Å²) in [5, 5.41) is 11.5. The standard InChI is InChI=1S/C14H25N3O4/c1-16-10-3-4-11(16)9-17(6-5-10)14(20)15-8-12(21-2)7-13(18)19/h10-12H,3-9H2,1-2H3,(H,15,20)(H,18,19). The van der Waals surface area contributed by atoms with Gasteiger partial charge in [0, 0.05) is 38.8 Å². The van der Waals surface area contributed by atoms with Crippen LogP contribution in [0.3, 0.4) is 0 Å². The molecule has 2 N–H and O–H groups in total. The predicted molar refractivity (Wildman–Crippen MR) is 77.2 cm³/mol. The van der Waals surface area contributed by atoms with Crippen LogP contribution in [-0.4, -0.2) is 78.9 Å². The zero-order chi connectivity index (χ0) is 15.4. The molecule has 0 aromatic rings. The molecule has 2 aliphatic heterocycles. The van der Waals surface area contributed by atoms with Gasteiger partial charge in [-0.05, 0) is 26.3 Å². The van der Waals surface area contributed by atoms with Gasteiger partial charge in [0.2, 0.25) is 0 Å². The lowest BCUT2D eigenvalue weighted by Gasteiger charge is -2.26. The highest BCUT2D eigenvalue weighted by molar-refractivity contribution is 5.74. The Morgan fingerprint density at radius 3 is 2.71 bits per heavy atom. The number of fused-ring (bicyclic) bond motifs is 2. The molecule has 2 saturated heterocycles. The van der Waals surface area contributed by atoms with E-state index < -0.39 is 12.1 Å².